The van der Waals surface area contributed by atoms with E-state index in [1.807, 2.05) is 0 Å². The van der Waals surface area contributed by atoms with Gasteiger partial charge in [-0.1, -0.05) is 28.8 Å². The zero-order valence-electron chi connectivity index (χ0n) is 11.1. The Balaban J connectivity index is 2.23. The summed E-state index contributed by atoms with van der Waals surface area (Å²) in [6.07, 6.45) is 5.93. The lowest BCUT2D eigenvalue weighted by Gasteiger charge is -2.29. The molecule has 19 heavy (non-hydrogen) atoms. The van der Waals surface area contributed by atoms with Crippen molar-refractivity contribution in [2.24, 2.45) is 0 Å². The summed E-state index contributed by atoms with van der Waals surface area (Å²) >= 11 is 9.53. The number of alkyl halides is 1. The van der Waals surface area contributed by atoms with E-state index in [1.165, 1.54) is 31.2 Å². The van der Waals surface area contributed by atoms with Gasteiger partial charge in [-0.3, -0.25) is 0 Å². The Hall–Kier alpha value is -0.540. The van der Waals surface area contributed by atoms with Crippen LogP contribution < -0.4 is 0 Å². The first-order valence-electron chi connectivity index (χ1n) is 6.87. The Bertz CT molecular complexity index is 599. The molecule has 3 rings (SSSR count). The number of nitrogens with zero attached hydrogens (tertiary/aromatic N) is 2. The normalized spacial score (nSPS) is 18.3. The monoisotopic (exact) mass is 340 g/mol. The molecule has 102 valence electrons. The number of aromatic nitrogens is 2. The molecule has 0 bridgehead atoms. The molecular formula is C15H18BrClN2. The van der Waals surface area contributed by atoms with Gasteiger partial charge in [0.25, 0.3) is 0 Å². The van der Waals surface area contributed by atoms with E-state index in [9.17, 15) is 0 Å². The van der Waals surface area contributed by atoms with Crippen molar-refractivity contribution in [2.75, 3.05) is 5.88 Å². The summed E-state index contributed by atoms with van der Waals surface area (Å²) in [6, 6.07) is 6.33. The van der Waals surface area contributed by atoms with Crippen LogP contribution in [-0.4, -0.2) is 15.4 Å². The third-order valence-corrected chi connectivity index (χ3v) is 4.91. The second-order valence-electron chi connectivity index (χ2n) is 5.64. The number of halogens is 2. The number of hydrogen-bond acceptors (Lipinski definition) is 1. The van der Waals surface area contributed by atoms with Crippen LogP contribution in [0.15, 0.2) is 22.7 Å². The highest BCUT2D eigenvalue weighted by Gasteiger charge is 2.33. The maximum absolute atomic E-state index is 5.96. The second kappa shape index (κ2) is 5.10. The van der Waals surface area contributed by atoms with E-state index in [2.05, 4.69) is 45.6 Å². The minimum absolute atomic E-state index is 0.205. The minimum Gasteiger partial charge on any atom is -0.322 e. The van der Waals surface area contributed by atoms with E-state index in [-0.39, 0.29) is 5.54 Å². The average Bonchev–Trinajstić information content (AvgIpc) is 2.94. The summed E-state index contributed by atoms with van der Waals surface area (Å²) in [5.41, 5.74) is 2.52. The largest absolute Gasteiger partial charge is 0.322 e. The van der Waals surface area contributed by atoms with Crippen LogP contribution in [0.4, 0.5) is 0 Å². The molecule has 2 nitrogen and oxygen atoms in total. The Morgan fingerprint density at radius 2 is 2.11 bits per heavy atom. The van der Waals surface area contributed by atoms with Gasteiger partial charge < -0.3 is 4.57 Å². The predicted molar refractivity (Wildman–Crippen MR) is 84.0 cm³/mol. The molecule has 0 N–H and O–H groups in total. The standard InChI is InChI=1S/C15H18BrClN2/c1-15(7-2-3-8-15)19-13-10-11(16)4-5-12(13)18-14(19)6-9-17/h4-5,10H,2-3,6-9H2,1H3. The lowest BCUT2D eigenvalue weighted by atomic mass is 9.99. The molecule has 1 heterocycles. The van der Waals surface area contributed by atoms with Crippen LogP contribution in [0.3, 0.4) is 0 Å². The van der Waals surface area contributed by atoms with Crippen molar-refractivity contribution in [3.05, 3.63) is 28.5 Å². The SMILES string of the molecule is CC1(n2c(CCCl)nc3ccc(Br)cc32)CCCC1. The van der Waals surface area contributed by atoms with Crippen LogP contribution in [0, 0.1) is 0 Å². The molecule has 0 radical (unpaired) electrons. The van der Waals surface area contributed by atoms with Crippen molar-refractivity contribution in [1.29, 1.82) is 0 Å². The minimum atomic E-state index is 0.205. The van der Waals surface area contributed by atoms with Gasteiger partial charge in [0.15, 0.2) is 0 Å². The van der Waals surface area contributed by atoms with E-state index in [1.54, 1.807) is 0 Å². The molecule has 1 aromatic carbocycles. The van der Waals surface area contributed by atoms with Gasteiger partial charge in [-0.25, -0.2) is 4.98 Å². The van der Waals surface area contributed by atoms with Crippen LogP contribution in [0.5, 0.6) is 0 Å². The van der Waals surface area contributed by atoms with E-state index in [0.717, 1.165) is 22.2 Å². The fourth-order valence-electron chi connectivity index (χ4n) is 3.31. The van der Waals surface area contributed by atoms with Crippen molar-refractivity contribution in [3.63, 3.8) is 0 Å². The summed E-state index contributed by atoms with van der Waals surface area (Å²) in [7, 11) is 0. The topological polar surface area (TPSA) is 17.8 Å². The van der Waals surface area contributed by atoms with E-state index < -0.39 is 0 Å². The number of aryl methyl sites for hydroxylation is 1. The summed E-state index contributed by atoms with van der Waals surface area (Å²) < 4.78 is 3.56. The molecule has 1 aromatic heterocycles. The van der Waals surface area contributed by atoms with Crippen molar-refractivity contribution < 1.29 is 0 Å². The molecular weight excluding hydrogens is 324 g/mol. The molecule has 0 spiro atoms. The van der Waals surface area contributed by atoms with Crippen LogP contribution >= 0.6 is 27.5 Å². The van der Waals surface area contributed by atoms with Gasteiger partial charge in [0, 0.05) is 22.3 Å². The molecule has 0 atom stereocenters. The highest BCUT2D eigenvalue weighted by molar-refractivity contribution is 9.10. The number of fused-ring (bicyclic) bond motifs is 1. The Morgan fingerprint density at radius 3 is 2.79 bits per heavy atom. The van der Waals surface area contributed by atoms with Crippen LogP contribution in [0.1, 0.15) is 38.4 Å². The summed E-state index contributed by atoms with van der Waals surface area (Å²) in [4.78, 5) is 4.79. The van der Waals surface area contributed by atoms with Gasteiger partial charge in [0.05, 0.1) is 11.0 Å². The summed E-state index contributed by atoms with van der Waals surface area (Å²) in [5, 5.41) is 0. The first-order chi connectivity index (χ1) is 9.14. The van der Waals surface area contributed by atoms with Gasteiger partial charge in [0.1, 0.15) is 5.82 Å². The molecule has 1 aliphatic carbocycles. The van der Waals surface area contributed by atoms with Crippen molar-refractivity contribution in [2.45, 2.75) is 44.6 Å². The number of benzene rings is 1. The smallest absolute Gasteiger partial charge is 0.111 e. The zero-order chi connectivity index (χ0) is 13.5. The second-order valence-corrected chi connectivity index (χ2v) is 6.93. The summed E-state index contributed by atoms with van der Waals surface area (Å²) in [5.74, 6) is 1.76. The maximum Gasteiger partial charge on any atom is 0.111 e. The van der Waals surface area contributed by atoms with E-state index in [4.69, 9.17) is 16.6 Å². The third-order valence-electron chi connectivity index (χ3n) is 4.22. The highest BCUT2D eigenvalue weighted by atomic mass is 79.9. The van der Waals surface area contributed by atoms with Crippen LogP contribution in [-0.2, 0) is 12.0 Å². The Morgan fingerprint density at radius 1 is 1.37 bits per heavy atom. The molecule has 1 saturated carbocycles. The average molecular weight is 342 g/mol. The van der Waals surface area contributed by atoms with Gasteiger partial charge >= 0.3 is 0 Å². The maximum atomic E-state index is 5.96. The van der Waals surface area contributed by atoms with Crippen molar-refractivity contribution >= 4 is 38.6 Å². The molecule has 4 heteroatoms. The third kappa shape index (κ3) is 2.31. The van der Waals surface area contributed by atoms with Crippen LogP contribution in [0.25, 0.3) is 11.0 Å². The van der Waals surface area contributed by atoms with Crippen LogP contribution in [0.2, 0.25) is 0 Å². The van der Waals surface area contributed by atoms with E-state index >= 15 is 0 Å². The predicted octanol–water partition coefficient (Wildman–Crippen LogP) is 4.87. The fraction of sp³-hybridized carbons (Fsp3) is 0.533. The molecule has 2 aromatic rings. The lowest BCUT2D eigenvalue weighted by Crippen LogP contribution is -2.28. The van der Waals surface area contributed by atoms with Gasteiger partial charge in [-0.2, -0.15) is 0 Å². The van der Waals surface area contributed by atoms with Gasteiger partial charge in [0.2, 0.25) is 0 Å². The lowest BCUT2D eigenvalue weighted by molar-refractivity contribution is 0.329. The molecule has 0 amide bonds. The van der Waals surface area contributed by atoms with Crippen molar-refractivity contribution in [1.82, 2.24) is 9.55 Å². The molecule has 0 saturated heterocycles. The Kier molecular flexibility index (Phi) is 3.61. The number of hydrogen-bond donors (Lipinski definition) is 0. The van der Waals surface area contributed by atoms with Gasteiger partial charge in [-0.15, -0.1) is 11.6 Å². The summed E-state index contributed by atoms with van der Waals surface area (Å²) in [6.45, 7) is 2.36. The van der Waals surface area contributed by atoms with Crippen molar-refractivity contribution in [3.8, 4) is 0 Å². The zero-order valence-corrected chi connectivity index (χ0v) is 13.5. The highest BCUT2D eigenvalue weighted by Crippen LogP contribution is 2.39. The van der Waals surface area contributed by atoms with Gasteiger partial charge in [-0.05, 0) is 38.0 Å². The Labute approximate surface area is 127 Å². The fourth-order valence-corrected chi connectivity index (χ4v) is 3.83. The number of imidazole rings is 1. The number of rotatable bonds is 3. The molecule has 1 fully saturated rings. The molecule has 0 unspecified atom stereocenters. The first kappa shape index (κ1) is 13.4. The first-order valence-corrected chi connectivity index (χ1v) is 8.20. The quantitative estimate of drug-likeness (QED) is 0.728. The molecule has 0 aliphatic heterocycles. The van der Waals surface area contributed by atoms with E-state index in [0.29, 0.717) is 5.88 Å². The molecule has 1 aliphatic rings.